The Hall–Kier alpha value is -1.56. The number of H-pyrrole nitrogens is 1. The van der Waals surface area contributed by atoms with Crippen LogP contribution in [-0.2, 0) is 0 Å². The molecule has 6 nitrogen and oxygen atoms in total. The monoisotopic (exact) mass is 264 g/mol. The Balaban J connectivity index is 1.58. The van der Waals surface area contributed by atoms with E-state index in [1.54, 1.807) is 0 Å². The van der Waals surface area contributed by atoms with Gasteiger partial charge in [0.2, 0.25) is 0 Å². The van der Waals surface area contributed by atoms with Crippen LogP contribution in [0.2, 0.25) is 0 Å². The average Bonchev–Trinajstić information content (AvgIpc) is 3.03. The SMILES string of the molecule is Nc1c(C(=O)NCC2CCC(O)C2)n[nH]c1C1CC1. The molecule has 2 unspecified atom stereocenters. The minimum absolute atomic E-state index is 0.209. The van der Waals surface area contributed by atoms with Crippen molar-refractivity contribution in [2.24, 2.45) is 5.92 Å². The summed E-state index contributed by atoms with van der Waals surface area (Å²) in [5.74, 6) is 0.600. The third kappa shape index (κ3) is 2.58. The van der Waals surface area contributed by atoms with Crippen LogP contribution in [0.1, 0.15) is 54.2 Å². The number of rotatable bonds is 4. The number of carbonyl (C=O) groups excluding carboxylic acids is 1. The van der Waals surface area contributed by atoms with Crippen LogP contribution < -0.4 is 11.1 Å². The molecule has 0 aromatic carbocycles. The molecular weight excluding hydrogens is 244 g/mol. The number of nitrogens with two attached hydrogens (primary N) is 1. The second kappa shape index (κ2) is 4.85. The summed E-state index contributed by atoms with van der Waals surface area (Å²) < 4.78 is 0. The molecule has 1 aromatic heterocycles. The van der Waals surface area contributed by atoms with Crippen LogP contribution in [0.3, 0.4) is 0 Å². The molecule has 5 N–H and O–H groups in total. The maximum absolute atomic E-state index is 12.0. The number of carbonyl (C=O) groups is 1. The highest BCUT2D eigenvalue weighted by molar-refractivity contribution is 5.97. The Morgan fingerprint density at radius 3 is 2.84 bits per heavy atom. The maximum Gasteiger partial charge on any atom is 0.273 e. The molecule has 0 radical (unpaired) electrons. The van der Waals surface area contributed by atoms with Gasteiger partial charge < -0.3 is 16.2 Å². The summed E-state index contributed by atoms with van der Waals surface area (Å²) in [4.78, 5) is 12.0. The van der Waals surface area contributed by atoms with Crippen LogP contribution in [0.5, 0.6) is 0 Å². The number of hydrogen-bond donors (Lipinski definition) is 4. The molecule has 3 rings (SSSR count). The van der Waals surface area contributed by atoms with Crippen molar-refractivity contribution in [2.75, 3.05) is 12.3 Å². The van der Waals surface area contributed by atoms with Crippen molar-refractivity contribution in [3.05, 3.63) is 11.4 Å². The lowest BCUT2D eigenvalue weighted by Gasteiger charge is -2.10. The zero-order valence-corrected chi connectivity index (χ0v) is 10.9. The van der Waals surface area contributed by atoms with Gasteiger partial charge in [0.05, 0.1) is 17.5 Å². The zero-order chi connectivity index (χ0) is 13.4. The molecule has 2 saturated carbocycles. The fourth-order valence-electron chi connectivity index (χ4n) is 2.78. The van der Waals surface area contributed by atoms with Gasteiger partial charge in [-0.25, -0.2) is 0 Å². The molecule has 6 heteroatoms. The summed E-state index contributed by atoms with van der Waals surface area (Å²) in [7, 11) is 0. The molecule has 0 aliphatic heterocycles. The van der Waals surface area contributed by atoms with Crippen molar-refractivity contribution in [3.63, 3.8) is 0 Å². The van der Waals surface area contributed by atoms with Crippen molar-refractivity contribution < 1.29 is 9.90 Å². The molecule has 2 atom stereocenters. The molecule has 2 fully saturated rings. The lowest BCUT2D eigenvalue weighted by Crippen LogP contribution is -2.29. The number of aromatic nitrogens is 2. The van der Waals surface area contributed by atoms with Gasteiger partial charge in [0.15, 0.2) is 5.69 Å². The van der Waals surface area contributed by atoms with Gasteiger partial charge in [0.25, 0.3) is 5.91 Å². The van der Waals surface area contributed by atoms with E-state index in [4.69, 9.17) is 5.73 Å². The second-order valence-electron chi connectivity index (χ2n) is 5.72. The third-order valence-corrected chi connectivity index (χ3v) is 4.10. The molecule has 0 spiro atoms. The molecule has 1 heterocycles. The summed E-state index contributed by atoms with van der Waals surface area (Å²) >= 11 is 0. The van der Waals surface area contributed by atoms with E-state index in [-0.39, 0.29) is 12.0 Å². The third-order valence-electron chi connectivity index (χ3n) is 4.10. The van der Waals surface area contributed by atoms with Gasteiger partial charge in [-0.15, -0.1) is 0 Å². The van der Waals surface area contributed by atoms with Crippen molar-refractivity contribution in [3.8, 4) is 0 Å². The molecule has 0 saturated heterocycles. The van der Waals surface area contributed by atoms with Crippen LogP contribution in [0, 0.1) is 5.92 Å². The molecule has 19 heavy (non-hydrogen) atoms. The highest BCUT2D eigenvalue weighted by atomic mass is 16.3. The fraction of sp³-hybridized carbons (Fsp3) is 0.692. The summed E-state index contributed by atoms with van der Waals surface area (Å²) in [5, 5.41) is 19.2. The normalized spacial score (nSPS) is 26.6. The minimum Gasteiger partial charge on any atom is -0.395 e. The van der Waals surface area contributed by atoms with Crippen LogP contribution in [0.25, 0.3) is 0 Å². The largest absolute Gasteiger partial charge is 0.395 e. The minimum atomic E-state index is -0.220. The maximum atomic E-state index is 12.0. The number of nitrogen functional groups attached to an aromatic ring is 1. The number of nitrogens with zero attached hydrogens (tertiary/aromatic N) is 1. The smallest absolute Gasteiger partial charge is 0.273 e. The Kier molecular flexibility index (Phi) is 3.18. The zero-order valence-electron chi connectivity index (χ0n) is 10.9. The molecule has 1 aromatic rings. The van der Waals surface area contributed by atoms with E-state index in [0.717, 1.165) is 37.8 Å². The lowest BCUT2D eigenvalue weighted by molar-refractivity contribution is 0.0941. The number of amides is 1. The van der Waals surface area contributed by atoms with Gasteiger partial charge in [0, 0.05) is 12.5 Å². The Labute approximate surface area is 111 Å². The molecule has 2 aliphatic rings. The van der Waals surface area contributed by atoms with Crippen LogP contribution in [0.4, 0.5) is 5.69 Å². The predicted molar refractivity (Wildman–Crippen MR) is 70.7 cm³/mol. The van der Waals surface area contributed by atoms with E-state index in [1.165, 1.54) is 0 Å². The number of aliphatic hydroxyl groups is 1. The first-order chi connectivity index (χ1) is 9.15. The highest BCUT2D eigenvalue weighted by Gasteiger charge is 2.30. The Morgan fingerprint density at radius 1 is 1.42 bits per heavy atom. The van der Waals surface area contributed by atoms with Gasteiger partial charge in [-0.05, 0) is 38.0 Å². The lowest BCUT2D eigenvalue weighted by atomic mass is 10.1. The number of hydrogen-bond acceptors (Lipinski definition) is 4. The van der Waals surface area contributed by atoms with Gasteiger partial charge in [-0.2, -0.15) is 5.10 Å². The summed E-state index contributed by atoms with van der Waals surface area (Å²) in [6.45, 7) is 0.584. The number of anilines is 1. The van der Waals surface area contributed by atoms with E-state index < -0.39 is 0 Å². The standard InChI is InChI=1S/C13H20N4O2/c14-10-11(8-2-3-8)16-17-12(10)13(19)15-6-7-1-4-9(18)5-7/h7-9,18H,1-6,14H2,(H,15,19)(H,16,17). The van der Waals surface area contributed by atoms with Crippen molar-refractivity contribution in [1.82, 2.24) is 15.5 Å². The Bertz CT molecular complexity index is 481. The van der Waals surface area contributed by atoms with Gasteiger partial charge >= 0.3 is 0 Å². The van der Waals surface area contributed by atoms with E-state index in [0.29, 0.717) is 29.8 Å². The first kappa shape index (κ1) is 12.5. The quantitative estimate of drug-likeness (QED) is 0.644. The predicted octanol–water partition coefficient (Wildman–Crippen LogP) is 0.760. The number of aliphatic hydroxyl groups excluding tert-OH is 1. The van der Waals surface area contributed by atoms with Gasteiger partial charge in [-0.1, -0.05) is 0 Å². The van der Waals surface area contributed by atoms with E-state index in [2.05, 4.69) is 15.5 Å². The number of nitrogens with one attached hydrogen (secondary N) is 2. The van der Waals surface area contributed by atoms with E-state index >= 15 is 0 Å². The first-order valence-corrected chi connectivity index (χ1v) is 6.95. The summed E-state index contributed by atoms with van der Waals surface area (Å²) in [5.41, 5.74) is 7.66. The van der Waals surface area contributed by atoms with Crippen molar-refractivity contribution in [2.45, 2.75) is 44.1 Å². The topological polar surface area (TPSA) is 104 Å². The molecular formula is C13H20N4O2. The summed E-state index contributed by atoms with van der Waals surface area (Å²) in [6.07, 6.45) is 4.59. The van der Waals surface area contributed by atoms with E-state index in [1.807, 2.05) is 0 Å². The fourth-order valence-corrected chi connectivity index (χ4v) is 2.78. The van der Waals surface area contributed by atoms with Crippen LogP contribution >= 0.6 is 0 Å². The van der Waals surface area contributed by atoms with Crippen molar-refractivity contribution in [1.29, 1.82) is 0 Å². The Morgan fingerprint density at radius 2 is 2.21 bits per heavy atom. The summed E-state index contributed by atoms with van der Waals surface area (Å²) in [6, 6.07) is 0. The molecule has 104 valence electrons. The number of aromatic amines is 1. The molecule has 2 aliphatic carbocycles. The average molecular weight is 264 g/mol. The van der Waals surface area contributed by atoms with Crippen LogP contribution in [0.15, 0.2) is 0 Å². The van der Waals surface area contributed by atoms with Crippen molar-refractivity contribution >= 4 is 11.6 Å². The van der Waals surface area contributed by atoms with Crippen LogP contribution in [-0.4, -0.2) is 33.9 Å². The van der Waals surface area contributed by atoms with Gasteiger partial charge in [-0.3, -0.25) is 9.89 Å². The van der Waals surface area contributed by atoms with Gasteiger partial charge in [0.1, 0.15) is 0 Å². The molecule has 0 bridgehead atoms. The molecule has 1 amide bonds. The second-order valence-corrected chi connectivity index (χ2v) is 5.72. The van der Waals surface area contributed by atoms with E-state index in [9.17, 15) is 9.90 Å². The highest BCUT2D eigenvalue weighted by Crippen LogP contribution is 2.42. The first-order valence-electron chi connectivity index (χ1n) is 6.95.